The average molecular weight is 572 g/mol. The van der Waals surface area contributed by atoms with Gasteiger partial charge in [0, 0.05) is 60.4 Å². The van der Waals surface area contributed by atoms with Crippen LogP contribution in [0.1, 0.15) is 81.2 Å². The van der Waals surface area contributed by atoms with E-state index in [1.54, 1.807) is 11.3 Å². The third-order valence-electron chi connectivity index (χ3n) is 9.01. The van der Waals surface area contributed by atoms with Crippen molar-refractivity contribution in [2.45, 2.75) is 88.0 Å². The van der Waals surface area contributed by atoms with Gasteiger partial charge in [-0.25, -0.2) is 13.4 Å². The fraction of sp³-hybridized carbons (Fsp3) is 0.633. The maximum Gasteiger partial charge on any atom is 0.177 e. The van der Waals surface area contributed by atoms with E-state index in [2.05, 4.69) is 28.1 Å². The van der Waals surface area contributed by atoms with Crippen LogP contribution in [-0.2, 0) is 21.1 Å². The number of likely N-dealkylation sites (tertiary alicyclic amines) is 1. The summed E-state index contributed by atoms with van der Waals surface area (Å²) in [7, 11) is -3.11. The zero-order chi connectivity index (χ0) is 27.0. The molecular formula is C30H41N3O4S2. The number of hydrogen-bond donors (Lipinski definition) is 2. The number of ether oxygens (including phenoxy) is 1. The van der Waals surface area contributed by atoms with E-state index in [0.717, 1.165) is 94.9 Å². The number of aromatic amines is 1. The number of aromatic nitrogens is 2. The molecule has 7 nitrogen and oxygen atoms in total. The van der Waals surface area contributed by atoms with Gasteiger partial charge in [-0.1, -0.05) is 11.6 Å². The molecule has 0 bridgehead atoms. The Morgan fingerprint density at radius 3 is 2.62 bits per heavy atom. The fourth-order valence-electron chi connectivity index (χ4n) is 6.21. The van der Waals surface area contributed by atoms with Gasteiger partial charge >= 0.3 is 0 Å². The third kappa shape index (κ3) is 6.43. The van der Waals surface area contributed by atoms with Crippen molar-refractivity contribution in [3.05, 3.63) is 51.5 Å². The lowest BCUT2D eigenvalue weighted by Gasteiger charge is -2.35. The zero-order valence-electron chi connectivity index (χ0n) is 22.9. The first-order valence-electron chi connectivity index (χ1n) is 14.6. The minimum atomic E-state index is -3.11. The molecule has 2 aliphatic carbocycles. The predicted molar refractivity (Wildman–Crippen MR) is 155 cm³/mol. The SMILES string of the molecule is CC1(O)CCN(Cc2cnc(-c3ccc(C(CC4CCOCC4)C4=CC=C(S(=O)(=O)C5CC5)CC4)[nH]3)s2)CC1. The molecule has 4 aliphatic rings. The largest absolute Gasteiger partial charge is 0.390 e. The zero-order valence-corrected chi connectivity index (χ0v) is 24.5. The topological polar surface area (TPSA) is 95.5 Å². The summed E-state index contributed by atoms with van der Waals surface area (Å²) in [5, 5.41) is 11.1. The van der Waals surface area contributed by atoms with Crippen LogP contribution in [-0.4, -0.2) is 65.5 Å². The number of thiazole rings is 1. The Bertz CT molecular complexity index is 1320. The Kier molecular flexibility index (Phi) is 7.90. The highest BCUT2D eigenvalue weighted by molar-refractivity contribution is 7.96. The molecule has 6 rings (SSSR count). The summed E-state index contributed by atoms with van der Waals surface area (Å²) in [5.41, 5.74) is 3.03. The lowest BCUT2D eigenvalue weighted by atomic mass is 9.80. The fourth-order valence-corrected chi connectivity index (χ4v) is 8.97. The highest BCUT2D eigenvalue weighted by Gasteiger charge is 2.39. The highest BCUT2D eigenvalue weighted by atomic mass is 32.2. The Hall–Kier alpha value is -1.78. The number of allylic oxidation sites excluding steroid dienone is 4. The van der Waals surface area contributed by atoms with Crippen LogP contribution in [0, 0.1) is 5.92 Å². The van der Waals surface area contributed by atoms with Crippen LogP contribution in [0.25, 0.3) is 10.7 Å². The Balaban J connectivity index is 1.19. The number of piperidine rings is 1. The molecule has 0 aromatic carbocycles. The van der Waals surface area contributed by atoms with Crippen LogP contribution in [0.5, 0.6) is 0 Å². The second kappa shape index (κ2) is 11.2. The van der Waals surface area contributed by atoms with E-state index in [4.69, 9.17) is 9.72 Å². The van der Waals surface area contributed by atoms with E-state index >= 15 is 0 Å². The molecule has 0 amide bonds. The van der Waals surface area contributed by atoms with Crippen molar-refractivity contribution >= 4 is 21.2 Å². The molecule has 39 heavy (non-hydrogen) atoms. The molecule has 1 atom stereocenters. The number of H-pyrrole nitrogens is 1. The van der Waals surface area contributed by atoms with E-state index in [9.17, 15) is 13.5 Å². The standard InChI is InChI=1S/C30H41N3O4S2/c1-30(34)12-14-33(15-13-30)20-23-19-31-29(38-23)28-9-8-27(32-28)26(18-21-10-16-37-17-11-21)22-2-4-24(5-3-22)39(35,36)25-6-7-25/h2,4,8-9,19,21,25-26,32,34H,3,5-7,10-18,20H2,1H3. The van der Waals surface area contributed by atoms with Crippen LogP contribution in [0.15, 0.2) is 41.0 Å². The van der Waals surface area contributed by atoms with Crippen molar-refractivity contribution in [3.8, 4) is 10.7 Å². The van der Waals surface area contributed by atoms with E-state index in [1.165, 1.54) is 16.1 Å². The van der Waals surface area contributed by atoms with E-state index in [0.29, 0.717) is 17.2 Å². The molecular weight excluding hydrogens is 530 g/mol. The van der Waals surface area contributed by atoms with Gasteiger partial charge in [0.05, 0.1) is 16.5 Å². The lowest BCUT2D eigenvalue weighted by molar-refractivity contribution is -0.00708. The molecule has 1 saturated carbocycles. The molecule has 2 aliphatic heterocycles. The summed E-state index contributed by atoms with van der Waals surface area (Å²) in [4.78, 5) is 12.7. The smallest absolute Gasteiger partial charge is 0.177 e. The summed E-state index contributed by atoms with van der Waals surface area (Å²) in [5.74, 6) is 0.845. The normalized spacial score (nSPS) is 23.8. The van der Waals surface area contributed by atoms with Gasteiger partial charge in [-0.05, 0) is 88.8 Å². The molecule has 212 valence electrons. The molecule has 0 radical (unpaired) electrons. The summed E-state index contributed by atoms with van der Waals surface area (Å²) in [6.07, 6.45) is 13.8. The summed E-state index contributed by atoms with van der Waals surface area (Å²) >= 11 is 1.73. The van der Waals surface area contributed by atoms with Gasteiger partial charge in [-0.2, -0.15) is 0 Å². The molecule has 9 heteroatoms. The summed E-state index contributed by atoms with van der Waals surface area (Å²) < 4.78 is 31.2. The van der Waals surface area contributed by atoms with Crippen molar-refractivity contribution in [2.24, 2.45) is 5.92 Å². The van der Waals surface area contributed by atoms with E-state index in [-0.39, 0.29) is 11.2 Å². The molecule has 2 saturated heterocycles. The van der Waals surface area contributed by atoms with Gasteiger partial charge in [0.1, 0.15) is 5.01 Å². The third-order valence-corrected chi connectivity index (χ3v) is 12.4. The number of nitrogens with one attached hydrogen (secondary N) is 1. The van der Waals surface area contributed by atoms with Crippen molar-refractivity contribution in [3.63, 3.8) is 0 Å². The molecule has 2 aromatic heterocycles. The van der Waals surface area contributed by atoms with Gasteiger partial charge < -0.3 is 14.8 Å². The van der Waals surface area contributed by atoms with Crippen molar-refractivity contribution in [2.75, 3.05) is 26.3 Å². The van der Waals surface area contributed by atoms with Gasteiger partial charge in [-0.15, -0.1) is 11.3 Å². The predicted octanol–water partition coefficient (Wildman–Crippen LogP) is 5.57. The number of aliphatic hydroxyl groups is 1. The van der Waals surface area contributed by atoms with E-state index in [1.807, 2.05) is 19.2 Å². The second-order valence-electron chi connectivity index (χ2n) is 12.2. The van der Waals surface area contributed by atoms with Crippen LogP contribution in [0.4, 0.5) is 0 Å². The summed E-state index contributed by atoms with van der Waals surface area (Å²) in [6.45, 7) is 6.28. The van der Waals surface area contributed by atoms with Crippen LogP contribution < -0.4 is 0 Å². The van der Waals surface area contributed by atoms with Crippen LogP contribution in [0.2, 0.25) is 0 Å². The first-order valence-corrected chi connectivity index (χ1v) is 16.9. The first kappa shape index (κ1) is 27.4. The summed E-state index contributed by atoms with van der Waals surface area (Å²) in [6, 6.07) is 4.35. The maximum atomic E-state index is 12.8. The maximum absolute atomic E-state index is 12.8. The Morgan fingerprint density at radius 2 is 1.92 bits per heavy atom. The van der Waals surface area contributed by atoms with Crippen molar-refractivity contribution in [1.29, 1.82) is 0 Å². The van der Waals surface area contributed by atoms with E-state index < -0.39 is 15.4 Å². The quantitative estimate of drug-likeness (QED) is 0.409. The number of nitrogens with zero attached hydrogens (tertiary/aromatic N) is 2. The second-order valence-corrected chi connectivity index (χ2v) is 15.6. The van der Waals surface area contributed by atoms with Crippen molar-refractivity contribution < 1.29 is 18.3 Å². The van der Waals surface area contributed by atoms with Crippen LogP contribution in [0.3, 0.4) is 0 Å². The minimum Gasteiger partial charge on any atom is -0.390 e. The Labute approximate surface area is 236 Å². The minimum absolute atomic E-state index is 0.143. The van der Waals surface area contributed by atoms with Crippen molar-refractivity contribution in [1.82, 2.24) is 14.9 Å². The molecule has 1 unspecified atom stereocenters. The average Bonchev–Trinajstić information content (AvgIpc) is 3.52. The molecule has 0 spiro atoms. The molecule has 2 aromatic rings. The monoisotopic (exact) mass is 571 g/mol. The molecule has 3 fully saturated rings. The van der Waals surface area contributed by atoms with Gasteiger partial charge in [-0.3, -0.25) is 4.90 Å². The van der Waals surface area contributed by atoms with Gasteiger partial charge in [0.15, 0.2) is 9.84 Å². The van der Waals surface area contributed by atoms with Gasteiger partial charge in [0.2, 0.25) is 0 Å². The highest BCUT2D eigenvalue weighted by Crippen LogP contribution is 2.42. The number of rotatable bonds is 9. The first-order chi connectivity index (χ1) is 18.8. The Morgan fingerprint density at radius 1 is 1.15 bits per heavy atom. The number of sulfone groups is 1. The molecule has 2 N–H and O–H groups in total. The lowest BCUT2D eigenvalue weighted by Crippen LogP contribution is -2.41. The van der Waals surface area contributed by atoms with Crippen LogP contribution >= 0.6 is 11.3 Å². The van der Waals surface area contributed by atoms with Gasteiger partial charge in [0.25, 0.3) is 0 Å². The molecule has 4 heterocycles. The number of hydrogen-bond acceptors (Lipinski definition) is 7.